The lowest BCUT2D eigenvalue weighted by atomic mass is 10.0. The third-order valence-electron chi connectivity index (χ3n) is 3.82. The van der Waals surface area contributed by atoms with Gasteiger partial charge in [0.2, 0.25) is 0 Å². The minimum Gasteiger partial charge on any atom is -0.393 e. The maximum atomic E-state index is 13.5. The monoisotopic (exact) mass is 305 g/mol. The molecular formula is C14H18Cl2FNO. The van der Waals surface area contributed by atoms with Crippen LogP contribution < -0.4 is 5.32 Å². The zero-order valence-corrected chi connectivity index (χ0v) is 12.3. The molecule has 106 valence electrons. The third-order valence-corrected chi connectivity index (χ3v) is 4.53. The van der Waals surface area contributed by atoms with E-state index in [9.17, 15) is 9.50 Å². The van der Waals surface area contributed by atoms with Crippen molar-refractivity contribution in [2.45, 2.75) is 38.3 Å². The van der Waals surface area contributed by atoms with Crippen molar-refractivity contribution in [3.63, 3.8) is 0 Å². The van der Waals surface area contributed by atoms with Gasteiger partial charge in [-0.1, -0.05) is 29.6 Å². The Morgan fingerprint density at radius 1 is 1.42 bits per heavy atom. The summed E-state index contributed by atoms with van der Waals surface area (Å²) < 4.78 is 13.5. The maximum absolute atomic E-state index is 13.5. The highest BCUT2D eigenvalue weighted by atomic mass is 35.5. The van der Waals surface area contributed by atoms with E-state index in [1.54, 1.807) is 0 Å². The zero-order chi connectivity index (χ0) is 14.0. The van der Waals surface area contributed by atoms with Crippen LogP contribution in [0.1, 0.15) is 37.8 Å². The van der Waals surface area contributed by atoms with Gasteiger partial charge in [-0.25, -0.2) is 4.39 Å². The van der Waals surface area contributed by atoms with Crippen molar-refractivity contribution in [1.82, 2.24) is 5.32 Å². The van der Waals surface area contributed by atoms with Gasteiger partial charge in [0.15, 0.2) is 0 Å². The van der Waals surface area contributed by atoms with Gasteiger partial charge in [-0.15, -0.1) is 0 Å². The molecule has 1 aromatic rings. The lowest BCUT2D eigenvalue weighted by molar-refractivity contribution is 0.130. The molecule has 2 N–H and O–H groups in total. The van der Waals surface area contributed by atoms with Crippen molar-refractivity contribution >= 4 is 23.2 Å². The lowest BCUT2D eigenvalue weighted by Crippen LogP contribution is -2.30. The molecule has 0 heterocycles. The Morgan fingerprint density at radius 3 is 2.79 bits per heavy atom. The van der Waals surface area contributed by atoms with Crippen LogP contribution in [-0.2, 0) is 0 Å². The predicted octanol–water partition coefficient (Wildman–Crippen LogP) is 3.94. The largest absolute Gasteiger partial charge is 0.393 e. The quantitative estimate of drug-likeness (QED) is 0.826. The van der Waals surface area contributed by atoms with E-state index in [1.807, 2.05) is 6.92 Å². The Kier molecular flexibility index (Phi) is 5.07. The summed E-state index contributed by atoms with van der Waals surface area (Å²) in [5.41, 5.74) is 0.579. The fourth-order valence-corrected chi connectivity index (χ4v) is 3.32. The molecule has 3 unspecified atom stereocenters. The van der Waals surface area contributed by atoms with Gasteiger partial charge < -0.3 is 10.4 Å². The second kappa shape index (κ2) is 6.40. The molecule has 3 atom stereocenters. The highest BCUT2D eigenvalue weighted by molar-refractivity contribution is 6.36. The molecule has 1 saturated carbocycles. The molecule has 1 fully saturated rings. The van der Waals surface area contributed by atoms with Crippen molar-refractivity contribution < 1.29 is 9.50 Å². The third kappa shape index (κ3) is 3.40. The molecule has 1 aliphatic carbocycles. The first-order chi connectivity index (χ1) is 9.00. The van der Waals surface area contributed by atoms with Crippen molar-refractivity contribution in [1.29, 1.82) is 0 Å². The second-order valence-corrected chi connectivity index (χ2v) is 5.93. The Hall–Kier alpha value is -0.350. The van der Waals surface area contributed by atoms with Gasteiger partial charge in [-0.2, -0.15) is 0 Å². The summed E-state index contributed by atoms with van der Waals surface area (Å²) in [6, 6.07) is 2.63. The predicted molar refractivity (Wildman–Crippen MR) is 76.2 cm³/mol. The molecule has 0 radical (unpaired) electrons. The minimum absolute atomic E-state index is 0.0690. The highest BCUT2D eigenvalue weighted by Gasteiger charge is 2.26. The number of aliphatic hydroxyl groups excluding tert-OH is 1. The summed E-state index contributed by atoms with van der Waals surface area (Å²) in [4.78, 5) is 0. The number of aliphatic hydroxyl groups is 1. The van der Waals surface area contributed by atoms with E-state index >= 15 is 0 Å². The standard InChI is InChI=1S/C14H18Cl2FNO/c1-8(18-7-9-3-2-4-12(9)19)13-10(15)5-6-11(17)14(13)16/h5-6,8-9,12,18-19H,2-4,7H2,1H3. The number of halogens is 3. The number of nitrogens with one attached hydrogen (secondary N) is 1. The zero-order valence-electron chi connectivity index (χ0n) is 10.8. The van der Waals surface area contributed by atoms with Crippen LogP contribution >= 0.6 is 23.2 Å². The first kappa shape index (κ1) is 15.0. The summed E-state index contributed by atoms with van der Waals surface area (Å²) in [6.07, 6.45) is 2.70. The molecule has 2 rings (SSSR count). The first-order valence-electron chi connectivity index (χ1n) is 6.55. The van der Waals surface area contributed by atoms with Gasteiger partial charge in [0.05, 0.1) is 11.1 Å². The van der Waals surface area contributed by atoms with Gasteiger partial charge in [0, 0.05) is 23.2 Å². The number of rotatable bonds is 4. The molecule has 19 heavy (non-hydrogen) atoms. The molecule has 2 nitrogen and oxygen atoms in total. The van der Waals surface area contributed by atoms with Crippen molar-refractivity contribution in [3.8, 4) is 0 Å². The molecule has 0 spiro atoms. The fourth-order valence-electron chi connectivity index (χ4n) is 2.63. The first-order valence-corrected chi connectivity index (χ1v) is 7.31. The van der Waals surface area contributed by atoms with Gasteiger partial charge in [-0.3, -0.25) is 0 Å². The Labute approximate surface area is 122 Å². The van der Waals surface area contributed by atoms with Crippen LogP contribution in [-0.4, -0.2) is 17.8 Å². The molecule has 1 aromatic carbocycles. The van der Waals surface area contributed by atoms with Crippen LogP contribution in [0.3, 0.4) is 0 Å². The summed E-state index contributed by atoms with van der Waals surface area (Å²) in [5, 5.41) is 13.6. The van der Waals surface area contributed by atoms with Crippen LogP contribution in [0.4, 0.5) is 4.39 Å². The average Bonchev–Trinajstić information content (AvgIpc) is 2.77. The van der Waals surface area contributed by atoms with Crippen molar-refractivity contribution in [2.75, 3.05) is 6.54 Å². The van der Waals surface area contributed by atoms with Crippen LogP contribution in [0.2, 0.25) is 10.0 Å². The second-order valence-electron chi connectivity index (χ2n) is 5.15. The van der Waals surface area contributed by atoms with E-state index < -0.39 is 5.82 Å². The molecule has 1 aliphatic rings. The summed E-state index contributed by atoms with van der Waals surface area (Å²) in [5.74, 6) is -0.204. The average molecular weight is 306 g/mol. The number of hydrogen-bond acceptors (Lipinski definition) is 2. The molecular weight excluding hydrogens is 288 g/mol. The van der Waals surface area contributed by atoms with Crippen LogP contribution in [0.25, 0.3) is 0 Å². The summed E-state index contributed by atoms with van der Waals surface area (Å²) >= 11 is 12.0. The van der Waals surface area contributed by atoms with Crippen molar-refractivity contribution in [3.05, 3.63) is 33.6 Å². The number of hydrogen-bond donors (Lipinski definition) is 2. The minimum atomic E-state index is -0.462. The smallest absolute Gasteiger partial charge is 0.142 e. The molecule has 0 bridgehead atoms. The normalized spacial score (nSPS) is 24.7. The van der Waals surface area contributed by atoms with E-state index in [4.69, 9.17) is 23.2 Å². The number of benzene rings is 1. The van der Waals surface area contributed by atoms with E-state index in [0.717, 1.165) is 19.3 Å². The van der Waals surface area contributed by atoms with Gasteiger partial charge in [-0.05, 0) is 37.8 Å². The van der Waals surface area contributed by atoms with E-state index in [1.165, 1.54) is 12.1 Å². The Bertz CT molecular complexity index is 455. The maximum Gasteiger partial charge on any atom is 0.142 e. The molecule has 0 aliphatic heterocycles. The topological polar surface area (TPSA) is 32.3 Å². The summed E-state index contributed by atoms with van der Waals surface area (Å²) in [7, 11) is 0. The highest BCUT2D eigenvalue weighted by Crippen LogP contribution is 2.33. The van der Waals surface area contributed by atoms with Gasteiger partial charge in [0.25, 0.3) is 0 Å². The van der Waals surface area contributed by atoms with Crippen molar-refractivity contribution in [2.24, 2.45) is 5.92 Å². The summed E-state index contributed by atoms with van der Waals surface area (Å²) in [6.45, 7) is 2.58. The van der Waals surface area contributed by atoms with E-state index in [0.29, 0.717) is 17.1 Å². The van der Waals surface area contributed by atoms with Crippen LogP contribution in [0.15, 0.2) is 12.1 Å². The molecule has 0 saturated heterocycles. The SMILES string of the molecule is CC(NCC1CCCC1O)c1c(Cl)ccc(F)c1Cl. The molecule has 5 heteroatoms. The lowest BCUT2D eigenvalue weighted by Gasteiger charge is -2.21. The Morgan fingerprint density at radius 2 is 2.16 bits per heavy atom. The van der Waals surface area contributed by atoms with E-state index in [2.05, 4.69) is 5.32 Å². The van der Waals surface area contributed by atoms with E-state index in [-0.39, 0.29) is 23.1 Å². The van der Waals surface area contributed by atoms with Gasteiger partial charge >= 0.3 is 0 Å². The Balaban J connectivity index is 2.03. The molecule has 0 amide bonds. The molecule has 0 aromatic heterocycles. The van der Waals surface area contributed by atoms with Crippen LogP contribution in [0.5, 0.6) is 0 Å². The van der Waals surface area contributed by atoms with Crippen LogP contribution in [0, 0.1) is 11.7 Å². The van der Waals surface area contributed by atoms with Gasteiger partial charge in [0.1, 0.15) is 5.82 Å². The fraction of sp³-hybridized carbons (Fsp3) is 0.571.